The number of fused-ring (bicyclic) bond motifs is 1. The second kappa shape index (κ2) is 7.21. The minimum Gasteiger partial charge on any atom is -0.478 e. The molecule has 0 amide bonds. The second-order valence-electron chi connectivity index (χ2n) is 7.76. The third-order valence-electron chi connectivity index (χ3n) is 6.00. The zero-order valence-corrected chi connectivity index (χ0v) is 16.1. The number of carboxylic acid groups (broad SMARTS) is 1. The number of aromatic carboxylic acids is 1. The van der Waals surface area contributed by atoms with Crippen molar-refractivity contribution in [3.63, 3.8) is 0 Å². The normalized spacial score (nSPS) is 14.5. The Morgan fingerprint density at radius 1 is 0.931 bits per heavy atom. The molecule has 0 spiro atoms. The summed E-state index contributed by atoms with van der Waals surface area (Å²) in [6.07, 6.45) is 8.33. The summed E-state index contributed by atoms with van der Waals surface area (Å²) in [6.45, 7) is 0. The van der Waals surface area contributed by atoms with Crippen molar-refractivity contribution < 1.29 is 9.90 Å². The van der Waals surface area contributed by atoms with Crippen molar-refractivity contribution in [2.45, 2.75) is 31.6 Å². The van der Waals surface area contributed by atoms with Crippen LogP contribution >= 0.6 is 0 Å². The number of hydrogen-bond acceptors (Lipinski definition) is 2. The Balaban J connectivity index is 1.64. The van der Waals surface area contributed by atoms with Crippen LogP contribution in [-0.4, -0.2) is 20.7 Å². The van der Waals surface area contributed by atoms with Crippen LogP contribution in [0.25, 0.3) is 27.8 Å². The van der Waals surface area contributed by atoms with Gasteiger partial charge in [-0.1, -0.05) is 49.2 Å². The van der Waals surface area contributed by atoms with Crippen LogP contribution in [0.5, 0.6) is 0 Å². The maximum Gasteiger partial charge on any atom is 0.335 e. The molecule has 4 heteroatoms. The van der Waals surface area contributed by atoms with Crippen molar-refractivity contribution in [1.29, 1.82) is 0 Å². The Labute approximate surface area is 169 Å². The monoisotopic (exact) mass is 382 g/mol. The van der Waals surface area contributed by atoms with Gasteiger partial charge >= 0.3 is 5.97 Å². The summed E-state index contributed by atoms with van der Waals surface area (Å²) in [4.78, 5) is 11.8. The lowest BCUT2D eigenvalue weighted by atomic mass is 9.89. The highest BCUT2D eigenvalue weighted by Gasteiger charge is 2.23. The molecule has 0 radical (unpaired) electrons. The molecule has 4 aromatic rings. The molecule has 0 unspecified atom stereocenters. The highest BCUT2D eigenvalue weighted by molar-refractivity contribution is 5.92. The average molecular weight is 382 g/mol. The van der Waals surface area contributed by atoms with Crippen LogP contribution in [0.1, 0.15) is 47.5 Å². The number of aromatic nitrogens is 2. The second-order valence-corrected chi connectivity index (χ2v) is 7.76. The first kappa shape index (κ1) is 17.7. The van der Waals surface area contributed by atoms with Gasteiger partial charge in [0.2, 0.25) is 0 Å². The molecule has 2 heterocycles. The summed E-state index contributed by atoms with van der Waals surface area (Å²) in [5.74, 6) is -0.502. The fourth-order valence-corrected chi connectivity index (χ4v) is 4.55. The van der Waals surface area contributed by atoms with E-state index in [1.54, 1.807) is 12.3 Å². The van der Waals surface area contributed by atoms with Gasteiger partial charge < -0.3 is 5.11 Å². The van der Waals surface area contributed by atoms with Crippen molar-refractivity contribution >= 4 is 11.5 Å². The molecular weight excluding hydrogens is 360 g/mol. The van der Waals surface area contributed by atoms with E-state index in [-0.39, 0.29) is 0 Å². The fourth-order valence-electron chi connectivity index (χ4n) is 4.55. The lowest BCUT2D eigenvalue weighted by Crippen LogP contribution is -2.06. The summed E-state index contributed by atoms with van der Waals surface area (Å²) in [7, 11) is 0. The Hall–Kier alpha value is -3.40. The molecule has 0 atom stereocenters. The van der Waals surface area contributed by atoms with E-state index in [4.69, 9.17) is 0 Å². The van der Waals surface area contributed by atoms with Gasteiger partial charge in [-0.3, -0.25) is 0 Å². The molecule has 1 N–H and O–H groups in total. The largest absolute Gasteiger partial charge is 0.478 e. The average Bonchev–Trinajstić information content (AvgIpc) is 3.43. The van der Waals surface area contributed by atoms with E-state index in [0.29, 0.717) is 11.5 Å². The molecule has 5 rings (SSSR count). The minimum absolute atomic E-state index is 0.338. The van der Waals surface area contributed by atoms with Gasteiger partial charge in [-0.05, 0) is 59.7 Å². The van der Waals surface area contributed by atoms with Crippen molar-refractivity contribution in [3.8, 4) is 22.3 Å². The zero-order chi connectivity index (χ0) is 19.8. The van der Waals surface area contributed by atoms with Crippen molar-refractivity contribution in [1.82, 2.24) is 9.61 Å². The summed E-state index contributed by atoms with van der Waals surface area (Å²) >= 11 is 0. The summed E-state index contributed by atoms with van der Waals surface area (Å²) in [5, 5.41) is 14.2. The van der Waals surface area contributed by atoms with Crippen LogP contribution in [0.4, 0.5) is 0 Å². The standard InChI is InChI=1S/C25H22N2O2/c28-25(29)22-11-10-19(14-23(22)18-8-4-5-9-18)21-12-13-26-27-16-20(15-24(21)27)17-6-2-1-3-7-17/h1-3,6-7,10-16,18H,4-5,8-9H2,(H,28,29). The molecule has 144 valence electrons. The lowest BCUT2D eigenvalue weighted by molar-refractivity contribution is 0.0695. The predicted molar refractivity (Wildman–Crippen MR) is 114 cm³/mol. The van der Waals surface area contributed by atoms with Gasteiger partial charge in [-0.2, -0.15) is 5.10 Å². The molecular formula is C25H22N2O2. The maximum absolute atomic E-state index is 11.8. The maximum atomic E-state index is 11.8. The highest BCUT2D eigenvalue weighted by Crippen LogP contribution is 2.38. The lowest BCUT2D eigenvalue weighted by Gasteiger charge is -2.15. The fraction of sp³-hybridized carbons (Fsp3) is 0.200. The van der Waals surface area contributed by atoms with Crippen LogP contribution in [-0.2, 0) is 0 Å². The van der Waals surface area contributed by atoms with Gasteiger partial charge in [-0.15, -0.1) is 0 Å². The van der Waals surface area contributed by atoms with Crippen LogP contribution < -0.4 is 0 Å². The van der Waals surface area contributed by atoms with E-state index >= 15 is 0 Å². The van der Waals surface area contributed by atoms with Crippen LogP contribution in [0.3, 0.4) is 0 Å². The van der Waals surface area contributed by atoms with Crippen LogP contribution in [0, 0.1) is 0 Å². The number of rotatable bonds is 4. The molecule has 2 aromatic heterocycles. The number of benzene rings is 2. The van der Waals surface area contributed by atoms with Crippen LogP contribution in [0.15, 0.2) is 73.1 Å². The number of carbonyl (C=O) groups is 1. The number of nitrogens with zero attached hydrogens (tertiary/aromatic N) is 2. The van der Waals surface area contributed by atoms with Crippen LogP contribution in [0.2, 0.25) is 0 Å². The molecule has 1 aliphatic carbocycles. The molecule has 0 bridgehead atoms. The summed E-state index contributed by atoms with van der Waals surface area (Å²) < 4.78 is 1.90. The molecule has 0 saturated heterocycles. The number of carboxylic acids is 1. The zero-order valence-electron chi connectivity index (χ0n) is 16.1. The highest BCUT2D eigenvalue weighted by atomic mass is 16.4. The van der Waals surface area contributed by atoms with Crippen molar-refractivity contribution in [2.75, 3.05) is 0 Å². The van der Waals surface area contributed by atoms with Gasteiger partial charge in [0.05, 0.1) is 11.1 Å². The van der Waals surface area contributed by atoms with Gasteiger partial charge in [-0.25, -0.2) is 9.31 Å². The van der Waals surface area contributed by atoms with Gasteiger partial charge in [0, 0.05) is 23.5 Å². The summed E-state index contributed by atoms with van der Waals surface area (Å²) in [6, 6.07) is 20.2. The topological polar surface area (TPSA) is 54.6 Å². The first-order valence-electron chi connectivity index (χ1n) is 10.1. The molecule has 4 nitrogen and oxygen atoms in total. The smallest absolute Gasteiger partial charge is 0.335 e. The Kier molecular flexibility index (Phi) is 4.39. The molecule has 0 aliphatic heterocycles. The number of hydrogen-bond donors (Lipinski definition) is 1. The third kappa shape index (κ3) is 3.21. The minimum atomic E-state index is -0.840. The van der Waals surface area contributed by atoms with E-state index in [9.17, 15) is 9.90 Å². The molecule has 2 aromatic carbocycles. The van der Waals surface area contributed by atoms with Crippen molar-refractivity contribution in [2.24, 2.45) is 0 Å². The predicted octanol–water partition coefficient (Wildman–Crippen LogP) is 6.02. The van der Waals surface area contributed by atoms with E-state index in [0.717, 1.165) is 46.2 Å². The first-order chi connectivity index (χ1) is 14.2. The van der Waals surface area contributed by atoms with E-state index < -0.39 is 5.97 Å². The van der Waals surface area contributed by atoms with Gasteiger partial charge in [0.15, 0.2) is 0 Å². The van der Waals surface area contributed by atoms with E-state index in [1.165, 1.54) is 12.8 Å². The summed E-state index contributed by atoms with van der Waals surface area (Å²) in [5.41, 5.74) is 6.80. The van der Waals surface area contributed by atoms with E-state index in [2.05, 4.69) is 29.4 Å². The Morgan fingerprint density at radius 3 is 2.48 bits per heavy atom. The molecule has 1 aliphatic rings. The Bertz CT molecular complexity index is 1190. The Morgan fingerprint density at radius 2 is 1.72 bits per heavy atom. The SMILES string of the molecule is O=C(O)c1ccc(-c2ccnn3cc(-c4ccccc4)cc23)cc1C1CCCC1. The molecule has 1 saturated carbocycles. The quantitative estimate of drug-likeness (QED) is 0.469. The van der Waals surface area contributed by atoms with Crippen molar-refractivity contribution in [3.05, 3.63) is 84.2 Å². The first-order valence-corrected chi connectivity index (χ1v) is 10.1. The van der Waals surface area contributed by atoms with Gasteiger partial charge in [0.1, 0.15) is 0 Å². The van der Waals surface area contributed by atoms with Gasteiger partial charge in [0.25, 0.3) is 0 Å². The molecule has 29 heavy (non-hydrogen) atoms. The molecule has 1 fully saturated rings. The third-order valence-corrected chi connectivity index (χ3v) is 6.00. The van der Waals surface area contributed by atoms with E-state index in [1.807, 2.05) is 41.0 Å².